The highest BCUT2D eigenvalue weighted by Crippen LogP contribution is 2.25. The number of Topliss-reactive ketones (excluding diaryl/α,β-unsaturated/α-hetero) is 1. The molecule has 0 bridgehead atoms. The molecule has 14 heavy (non-hydrogen) atoms. The molecule has 0 saturated heterocycles. The third-order valence-corrected chi connectivity index (χ3v) is 3.97. The molecule has 1 aromatic rings. The lowest BCUT2D eigenvalue weighted by molar-refractivity contribution is 0.102. The van der Waals surface area contributed by atoms with Crippen LogP contribution in [0, 0.1) is 6.92 Å². The average molecular weight is 228 g/mol. The van der Waals surface area contributed by atoms with Gasteiger partial charge in [0, 0.05) is 9.62 Å². The molecular formula is C11H16OS2. The summed E-state index contributed by atoms with van der Waals surface area (Å²) in [5.74, 6) is 0.840. The highest BCUT2D eigenvalue weighted by molar-refractivity contribution is 8.01. The zero-order chi connectivity index (χ0) is 10.8. The molecule has 1 rings (SSSR count). The Balaban J connectivity index is 2.52. The molecule has 0 fully saturated rings. The van der Waals surface area contributed by atoms with E-state index in [0.717, 1.165) is 4.88 Å². The van der Waals surface area contributed by atoms with E-state index in [9.17, 15) is 4.79 Å². The first kappa shape index (κ1) is 11.8. The van der Waals surface area contributed by atoms with Gasteiger partial charge in [0.15, 0.2) is 5.78 Å². The first-order valence-electron chi connectivity index (χ1n) is 4.62. The number of hydrogen-bond acceptors (Lipinski definition) is 3. The predicted molar refractivity (Wildman–Crippen MR) is 65.6 cm³/mol. The zero-order valence-corrected chi connectivity index (χ0v) is 10.7. The van der Waals surface area contributed by atoms with Crippen molar-refractivity contribution in [3.63, 3.8) is 0 Å². The fourth-order valence-corrected chi connectivity index (χ4v) is 2.55. The summed E-state index contributed by atoms with van der Waals surface area (Å²) in [5.41, 5.74) is 0. The van der Waals surface area contributed by atoms with Crippen molar-refractivity contribution in [3.8, 4) is 0 Å². The van der Waals surface area contributed by atoms with Crippen LogP contribution in [0.1, 0.15) is 35.3 Å². The van der Waals surface area contributed by atoms with Crippen LogP contribution < -0.4 is 0 Å². The smallest absolute Gasteiger partial charge is 0.182 e. The van der Waals surface area contributed by atoms with E-state index in [1.165, 1.54) is 4.88 Å². The molecule has 0 aliphatic heterocycles. The third-order valence-electron chi connectivity index (χ3n) is 1.65. The SMILES string of the molecule is Cc1ccc(C(=O)CSC(C)(C)C)s1. The van der Waals surface area contributed by atoms with Gasteiger partial charge in [-0.05, 0) is 19.1 Å². The highest BCUT2D eigenvalue weighted by Gasteiger charge is 2.15. The molecule has 3 heteroatoms. The Morgan fingerprint density at radius 1 is 1.43 bits per heavy atom. The second-order valence-electron chi connectivity index (χ2n) is 4.23. The van der Waals surface area contributed by atoms with Crippen LogP contribution in [-0.2, 0) is 0 Å². The fraction of sp³-hybridized carbons (Fsp3) is 0.545. The number of carbonyl (C=O) groups excluding carboxylic acids is 1. The molecule has 0 unspecified atom stereocenters. The monoisotopic (exact) mass is 228 g/mol. The van der Waals surface area contributed by atoms with Gasteiger partial charge in [0.05, 0.1) is 10.6 Å². The van der Waals surface area contributed by atoms with Gasteiger partial charge in [-0.2, -0.15) is 0 Å². The van der Waals surface area contributed by atoms with E-state index >= 15 is 0 Å². The molecular weight excluding hydrogens is 212 g/mol. The third kappa shape index (κ3) is 3.84. The molecule has 0 saturated carbocycles. The fourth-order valence-electron chi connectivity index (χ4n) is 0.938. The quantitative estimate of drug-likeness (QED) is 0.733. The van der Waals surface area contributed by atoms with Crippen LogP contribution in [-0.4, -0.2) is 16.3 Å². The maximum atomic E-state index is 11.7. The lowest BCUT2D eigenvalue weighted by Gasteiger charge is -2.16. The molecule has 1 heterocycles. The molecule has 0 N–H and O–H groups in total. The minimum Gasteiger partial charge on any atom is -0.292 e. The van der Waals surface area contributed by atoms with Crippen LogP contribution in [0.5, 0.6) is 0 Å². The number of thiophene rings is 1. The van der Waals surface area contributed by atoms with Crippen molar-refractivity contribution >= 4 is 28.9 Å². The maximum Gasteiger partial charge on any atom is 0.182 e. The summed E-state index contributed by atoms with van der Waals surface area (Å²) in [6.45, 7) is 8.41. The van der Waals surface area contributed by atoms with Gasteiger partial charge in [-0.3, -0.25) is 4.79 Å². The van der Waals surface area contributed by atoms with Crippen molar-refractivity contribution in [2.75, 3.05) is 5.75 Å². The van der Waals surface area contributed by atoms with Crippen molar-refractivity contribution in [3.05, 3.63) is 21.9 Å². The van der Waals surface area contributed by atoms with E-state index in [2.05, 4.69) is 20.8 Å². The molecule has 0 atom stereocenters. The summed E-state index contributed by atoms with van der Waals surface area (Å²) in [5, 5.41) is 0. The van der Waals surface area contributed by atoms with Crippen LogP contribution in [0.4, 0.5) is 0 Å². The lowest BCUT2D eigenvalue weighted by Crippen LogP contribution is -2.12. The van der Waals surface area contributed by atoms with E-state index < -0.39 is 0 Å². The average Bonchev–Trinajstić information content (AvgIpc) is 2.46. The van der Waals surface area contributed by atoms with Crippen LogP contribution >= 0.6 is 23.1 Å². The molecule has 0 aliphatic carbocycles. The van der Waals surface area contributed by atoms with Gasteiger partial charge in [-0.15, -0.1) is 23.1 Å². The van der Waals surface area contributed by atoms with Gasteiger partial charge in [-0.1, -0.05) is 20.8 Å². The first-order chi connectivity index (χ1) is 6.38. The van der Waals surface area contributed by atoms with Gasteiger partial charge >= 0.3 is 0 Å². The number of ketones is 1. The summed E-state index contributed by atoms with van der Waals surface area (Å²) in [6.07, 6.45) is 0. The number of carbonyl (C=O) groups is 1. The zero-order valence-electron chi connectivity index (χ0n) is 9.09. The van der Waals surface area contributed by atoms with Gasteiger partial charge in [0.2, 0.25) is 0 Å². The summed E-state index contributed by atoms with van der Waals surface area (Å²) < 4.78 is 0.169. The van der Waals surface area contributed by atoms with Crippen LogP contribution in [0.2, 0.25) is 0 Å². The topological polar surface area (TPSA) is 17.1 Å². The van der Waals surface area contributed by atoms with E-state index in [-0.39, 0.29) is 10.5 Å². The molecule has 0 spiro atoms. The van der Waals surface area contributed by atoms with Crippen molar-refractivity contribution in [1.29, 1.82) is 0 Å². The summed E-state index contributed by atoms with van der Waals surface area (Å²) in [6, 6.07) is 3.92. The minimum atomic E-state index is 0.169. The van der Waals surface area contributed by atoms with E-state index in [1.807, 2.05) is 19.1 Å². The highest BCUT2D eigenvalue weighted by atomic mass is 32.2. The lowest BCUT2D eigenvalue weighted by atomic mass is 10.3. The second kappa shape index (κ2) is 4.49. The van der Waals surface area contributed by atoms with Crippen LogP contribution in [0.3, 0.4) is 0 Å². The summed E-state index contributed by atoms with van der Waals surface area (Å²) >= 11 is 3.29. The molecule has 0 aliphatic rings. The van der Waals surface area contributed by atoms with Gasteiger partial charge in [0.1, 0.15) is 0 Å². The van der Waals surface area contributed by atoms with Gasteiger partial charge in [0.25, 0.3) is 0 Å². The molecule has 78 valence electrons. The number of aryl methyl sites for hydroxylation is 1. The molecule has 1 nitrogen and oxygen atoms in total. The largest absolute Gasteiger partial charge is 0.292 e. The molecule has 0 aromatic carbocycles. The normalized spacial score (nSPS) is 11.7. The van der Waals surface area contributed by atoms with Crippen molar-refractivity contribution in [2.24, 2.45) is 0 Å². The number of hydrogen-bond donors (Lipinski definition) is 0. The maximum absolute atomic E-state index is 11.7. The molecule has 0 radical (unpaired) electrons. The molecule has 1 aromatic heterocycles. The van der Waals surface area contributed by atoms with E-state index in [1.54, 1.807) is 23.1 Å². The van der Waals surface area contributed by atoms with Crippen molar-refractivity contribution in [1.82, 2.24) is 0 Å². The Labute approximate surface area is 93.9 Å². The second-order valence-corrected chi connectivity index (χ2v) is 7.32. The predicted octanol–water partition coefficient (Wildman–Crippen LogP) is 3.77. The first-order valence-corrected chi connectivity index (χ1v) is 6.42. The van der Waals surface area contributed by atoms with Crippen LogP contribution in [0.25, 0.3) is 0 Å². The Morgan fingerprint density at radius 2 is 2.07 bits per heavy atom. The van der Waals surface area contributed by atoms with Crippen LogP contribution in [0.15, 0.2) is 12.1 Å². The van der Waals surface area contributed by atoms with Crippen molar-refractivity contribution in [2.45, 2.75) is 32.4 Å². The Kier molecular flexibility index (Phi) is 3.78. The molecule has 0 amide bonds. The van der Waals surface area contributed by atoms with Gasteiger partial charge < -0.3 is 0 Å². The number of thioether (sulfide) groups is 1. The summed E-state index contributed by atoms with van der Waals surface area (Å²) in [7, 11) is 0. The Bertz CT molecular complexity index is 320. The Morgan fingerprint density at radius 3 is 2.50 bits per heavy atom. The Hall–Kier alpha value is -0.280. The van der Waals surface area contributed by atoms with Gasteiger partial charge in [-0.25, -0.2) is 0 Å². The summed E-state index contributed by atoms with van der Waals surface area (Å²) in [4.78, 5) is 13.8. The number of rotatable bonds is 3. The van der Waals surface area contributed by atoms with Crippen molar-refractivity contribution < 1.29 is 4.79 Å². The minimum absolute atomic E-state index is 0.169. The van der Waals surface area contributed by atoms with E-state index in [4.69, 9.17) is 0 Å². The van der Waals surface area contributed by atoms with E-state index in [0.29, 0.717) is 5.75 Å². The standard InChI is InChI=1S/C11H16OS2/c1-8-5-6-10(14-8)9(12)7-13-11(2,3)4/h5-6H,7H2,1-4H3.